The molecule has 11 heteroatoms. The summed E-state index contributed by atoms with van der Waals surface area (Å²) in [5.74, 6) is 2.80. The van der Waals surface area contributed by atoms with E-state index < -0.39 is 11.3 Å². The quantitative estimate of drug-likeness (QED) is 0.364. The van der Waals surface area contributed by atoms with Gasteiger partial charge in [0.15, 0.2) is 23.0 Å². The molecule has 3 aliphatic rings. The van der Waals surface area contributed by atoms with Gasteiger partial charge < -0.3 is 32.7 Å². The lowest BCUT2D eigenvalue weighted by Crippen LogP contribution is -2.47. The van der Waals surface area contributed by atoms with Gasteiger partial charge in [-0.2, -0.15) is 0 Å². The molecule has 0 radical (unpaired) electrons. The Morgan fingerprint density at radius 2 is 1.86 bits per heavy atom. The minimum Gasteiger partial charge on any atom is -0.755 e. The van der Waals surface area contributed by atoms with Gasteiger partial charge in [0.1, 0.15) is 18.8 Å². The summed E-state index contributed by atoms with van der Waals surface area (Å²) in [5.41, 5.74) is 2.17. The highest BCUT2D eigenvalue weighted by Crippen LogP contribution is 2.45. The summed E-state index contributed by atoms with van der Waals surface area (Å²) < 4.78 is 48.1. The van der Waals surface area contributed by atoms with Gasteiger partial charge in [-0.05, 0) is 32.4 Å². The van der Waals surface area contributed by atoms with Crippen LogP contribution >= 0.6 is 11.6 Å². The van der Waals surface area contributed by atoms with Crippen molar-refractivity contribution in [2.75, 3.05) is 68.8 Å². The zero-order valence-corrected chi connectivity index (χ0v) is 23.0. The van der Waals surface area contributed by atoms with E-state index in [1.54, 1.807) is 6.07 Å². The van der Waals surface area contributed by atoms with Crippen molar-refractivity contribution in [3.05, 3.63) is 34.9 Å². The van der Waals surface area contributed by atoms with Gasteiger partial charge in [0.25, 0.3) is 0 Å². The van der Waals surface area contributed by atoms with Crippen LogP contribution in [0.3, 0.4) is 0 Å². The SMILES string of the molecule is CN(c1cc2c(c(OCCCN3CCN(c4cc(Cl)cc5c4OCCO5)CC3)c1)OC(C)(C)C2)S(=O)[O-]. The average molecular weight is 551 g/mol. The lowest BCUT2D eigenvalue weighted by atomic mass is 10.0. The van der Waals surface area contributed by atoms with Crippen LogP contribution in [0.15, 0.2) is 24.3 Å². The summed E-state index contributed by atoms with van der Waals surface area (Å²) in [4.78, 5) is 4.72. The molecule has 0 aliphatic carbocycles. The van der Waals surface area contributed by atoms with E-state index in [2.05, 4.69) is 9.80 Å². The molecule has 9 nitrogen and oxygen atoms in total. The first-order valence-electron chi connectivity index (χ1n) is 12.6. The first-order chi connectivity index (χ1) is 17.7. The van der Waals surface area contributed by atoms with Gasteiger partial charge >= 0.3 is 0 Å². The first-order valence-corrected chi connectivity index (χ1v) is 14.0. The molecule has 0 saturated carbocycles. The second kappa shape index (κ2) is 10.8. The average Bonchev–Trinajstić information content (AvgIpc) is 3.19. The minimum absolute atomic E-state index is 0.354. The molecule has 0 bridgehead atoms. The molecule has 202 valence electrons. The van der Waals surface area contributed by atoms with E-state index in [0.717, 1.165) is 56.1 Å². The van der Waals surface area contributed by atoms with Gasteiger partial charge in [-0.15, -0.1) is 0 Å². The van der Waals surface area contributed by atoms with Gasteiger partial charge in [0.05, 0.1) is 18.0 Å². The van der Waals surface area contributed by atoms with Gasteiger partial charge in [0.2, 0.25) is 0 Å². The van der Waals surface area contributed by atoms with E-state index in [9.17, 15) is 8.76 Å². The van der Waals surface area contributed by atoms with E-state index in [0.29, 0.717) is 54.2 Å². The number of nitrogens with zero attached hydrogens (tertiary/aromatic N) is 3. The van der Waals surface area contributed by atoms with Gasteiger partial charge in [-0.3, -0.25) is 9.11 Å². The maximum Gasteiger partial charge on any atom is 0.184 e. The first kappa shape index (κ1) is 26.2. The van der Waals surface area contributed by atoms with Crippen LogP contribution in [-0.2, 0) is 17.7 Å². The number of anilines is 2. The third-order valence-electron chi connectivity index (χ3n) is 6.87. The van der Waals surface area contributed by atoms with Crippen molar-refractivity contribution < 1.29 is 27.7 Å². The van der Waals surface area contributed by atoms with Crippen LogP contribution in [0, 0.1) is 0 Å². The highest BCUT2D eigenvalue weighted by molar-refractivity contribution is 7.80. The summed E-state index contributed by atoms with van der Waals surface area (Å²) in [6.07, 6.45) is 1.54. The fourth-order valence-corrected chi connectivity index (χ4v) is 5.54. The molecular weight excluding hydrogens is 518 g/mol. The summed E-state index contributed by atoms with van der Waals surface area (Å²) in [6, 6.07) is 7.37. The largest absolute Gasteiger partial charge is 0.755 e. The summed E-state index contributed by atoms with van der Waals surface area (Å²) in [5, 5.41) is 0.648. The Morgan fingerprint density at radius 1 is 1.11 bits per heavy atom. The Bertz CT molecular complexity index is 1170. The fourth-order valence-electron chi connectivity index (χ4n) is 5.06. The minimum atomic E-state index is -2.36. The van der Waals surface area contributed by atoms with Gasteiger partial charge in [-0.1, -0.05) is 11.6 Å². The highest BCUT2D eigenvalue weighted by Gasteiger charge is 2.33. The number of ether oxygens (including phenoxy) is 4. The summed E-state index contributed by atoms with van der Waals surface area (Å²) in [7, 11) is 1.52. The Hall–Kier alpha value is -2.40. The van der Waals surface area contributed by atoms with E-state index in [-0.39, 0.29) is 5.60 Å². The predicted octanol–water partition coefficient (Wildman–Crippen LogP) is 3.65. The van der Waals surface area contributed by atoms with Crippen molar-refractivity contribution >= 4 is 34.2 Å². The summed E-state index contributed by atoms with van der Waals surface area (Å²) >= 11 is 3.97. The standard InChI is InChI=1S/C26H34ClN3O6S/c1-26(2)17-18-13-20(28(3)37(31)32)16-23(24(18)36-26)33-10-4-5-29-6-8-30(9-7-29)21-14-19(27)15-22-25(21)35-12-11-34-22/h13-16H,4-12,17H2,1-3H3,(H,31,32)/p-1. The zero-order valence-electron chi connectivity index (χ0n) is 21.5. The normalized spacial score (nSPS) is 19.2. The number of rotatable bonds is 8. The smallest absolute Gasteiger partial charge is 0.184 e. The molecule has 0 N–H and O–H groups in total. The highest BCUT2D eigenvalue weighted by atomic mass is 35.5. The molecule has 3 aliphatic heterocycles. The molecule has 1 saturated heterocycles. The maximum atomic E-state index is 11.5. The number of halogens is 1. The van der Waals surface area contributed by atoms with E-state index in [1.807, 2.05) is 32.0 Å². The van der Waals surface area contributed by atoms with Crippen LogP contribution in [0.25, 0.3) is 0 Å². The molecule has 5 rings (SSSR count). The molecule has 1 fully saturated rings. The molecule has 0 aromatic heterocycles. The van der Waals surface area contributed by atoms with Crippen LogP contribution in [0.5, 0.6) is 23.0 Å². The molecule has 3 heterocycles. The topological polar surface area (TPSA) is 86.8 Å². The van der Waals surface area contributed by atoms with E-state index >= 15 is 0 Å². The Labute approximate surface area is 225 Å². The predicted molar refractivity (Wildman–Crippen MR) is 143 cm³/mol. The Morgan fingerprint density at radius 3 is 2.62 bits per heavy atom. The van der Waals surface area contributed by atoms with Crippen LogP contribution in [0.4, 0.5) is 11.4 Å². The zero-order chi connectivity index (χ0) is 26.2. The van der Waals surface area contributed by atoms with Crippen molar-refractivity contribution in [1.29, 1.82) is 0 Å². The lowest BCUT2D eigenvalue weighted by molar-refractivity contribution is 0.131. The number of hydrogen-bond acceptors (Lipinski definition) is 8. The van der Waals surface area contributed by atoms with Crippen molar-refractivity contribution in [1.82, 2.24) is 4.90 Å². The second-order valence-electron chi connectivity index (χ2n) is 10.2. The van der Waals surface area contributed by atoms with Crippen LogP contribution in [0.2, 0.25) is 5.02 Å². The Balaban J connectivity index is 1.16. The second-order valence-corrected chi connectivity index (χ2v) is 11.6. The van der Waals surface area contributed by atoms with Crippen molar-refractivity contribution in [2.24, 2.45) is 0 Å². The molecule has 2 aromatic carbocycles. The Kier molecular flexibility index (Phi) is 7.63. The van der Waals surface area contributed by atoms with Crippen molar-refractivity contribution in [3.8, 4) is 23.0 Å². The molecule has 1 atom stereocenters. The molecule has 1 unspecified atom stereocenters. The molecule has 2 aromatic rings. The van der Waals surface area contributed by atoms with Crippen LogP contribution in [0.1, 0.15) is 25.8 Å². The van der Waals surface area contributed by atoms with E-state index in [1.165, 1.54) is 11.4 Å². The van der Waals surface area contributed by atoms with Gasteiger partial charge in [0, 0.05) is 80.2 Å². The molecule has 0 spiro atoms. The third kappa shape index (κ3) is 5.87. The summed E-state index contributed by atoms with van der Waals surface area (Å²) in [6.45, 7) is 10.1. The lowest BCUT2D eigenvalue weighted by Gasteiger charge is -2.37. The van der Waals surface area contributed by atoms with Crippen molar-refractivity contribution in [2.45, 2.75) is 32.3 Å². The number of piperazine rings is 1. The fraction of sp³-hybridized carbons (Fsp3) is 0.538. The number of benzene rings is 2. The van der Waals surface area contributed by atoms with Crippen LogP contribution < -0.4 is 28.2 Å². The molecule has 37 heavy (non-hydrogen) atoms. The van der Waals surface area contributed by atoms with E-state index in [4.69, 9.17) is 30.5 Å². The monoisotopic (exact) mass is 550 g/mol. The maximum absolute atomic E-state index is 11.5. The molecule has 0 amide bonds. The van der Waals surface area contributed by atoms with Crippen molar-refractivity contribution in [3.63, 3.8) is 0 Å². The number of fused-ring (bicyclic) bond motifs is 2. The number of hydrogen-bond donors (Lipinski definition) is 0. The third-order valence-corrected chi connectivity index (χ3v) is 7.75. The van der Waals surface area contributed by atoms with Crippen LogP contribution in [-0.4, -0.2) is 78.9 Å². The van der Waals surface area contributed by atoms with Gasteiger partial charge in [-0.25, -0.2) is 0 Å². The molecular formula is C26H33ClN3O6S-.